The highest BCUT2D eigenvalue weighted by Crippen LogP contribution is 2.41. The topological polar surface area (TPSA) is 103 Å². The summed E-state index contributed by atoms with van der Waals surface area (Å²) < 4.78 is 12.0. The van der Waals surface area contributed by atoms with Gasteiger partial charge in [-0.2, -0.15) is 0 Å². The van der Waals surface area contributed by atoms with Gasteiger partial charge in [0, 0.05) is 10.2 Å². The minimum Gasteiger partial charge on any atom is -0.484 e. The predicted molar refractivity (Wildman–Crippen MR) is 126 cm³/mol. The van der Waals surface area contributed by atoms with E-state index in [9.17, 15) is 14.4 Å². The molecule has 3 aromatic carbocycles. The van der Waals surface area contributed by atoms with Gasteiger partial charge in [-0.15, -0.1) is 0 Å². The monoisotopic (exact) mass is 504 g/mol. The molecule has 7 nitrogen and oxygen atoms in total. The molecule has 1 aliphatic rings. The van der Waals surface area contributed by atoms with Gasteiger partial charge < -0.3 is 14.9 Å². The summed E-state index contributed by atoms with van der Waals surface area (Å²) in [6, 6.07) is 20.4. The number of para-hydroxylation sites is 1. The summed E-state index contributed by atoms with van der Waals surface area (Å²) in [7, 11) is 0. The highest BCUT2D eigenvalue weighted by molar-refractivity contribution is 9.10. The summed E-state index contributed by atoms with van der Waals surface area (Å²) in [6.45, 7) is -0.245. The van der Waals surface area contributed by atoms with E-state index in [0.717, 1.165) is 4.47 Å². The normalized spacial score (nSPS) is 15.0. The number of nitrogens with zero attached hydrogens (tertiary/aromatic N) is 1. The van der Waals surface area contributed by atoms with Crippen molar-refractivity contribution in [1.82, 2.24) is 0 Å². The maximum Gasteiger partial charge on any atom is 0.295 e. The van der Waals surface area contributed by atoms with Crippen molar-refractivity contribution < 1.29 is 18.7 Å². The maximum atomic E-state index is 13.6. The summed E-state index contributed by atoms with van der Waals surface area (Å²) in [6.07, 6.45) is 0. The van der Waals surface area contributed by atoms with E-state index in [-0.39, 0.29) is 23.4 Å². The molecule has 0 bridgehead atoms. The molecule has 0 saturated carbocycles. The molecule has 0 aliphatic carbocycles. The van der Waals surface area contributed by atoms with Crippen molar-refractivity contribution in [3.63, 3.8) is 0 Å². The second-order valence-corrected chi connectivity index (χ2v) is 8.47. The van der Waals surface area contributed by atoms with Crippen LogP contribution in [0.5, 0.6) is 5.75 Å². The van der Waals surface area contributed by atoms with Gasteiger partial charge in [-0.05, 0) is 48.0 Å². The molecule has 1 unspecified atom stereocenters. The maximum absolute atomic E-state index is 13.6. The van der Waals surface area contributed by atoms with Crippen LogP contribution >= 0.6 is 15.9 Å². The highest BCUT2D eigenvalue weighted by atomic mass is 79.9. The number of fused-ring (bicyclic) bond motifs is 2. The Hall–Kier alpha value is -3.91. The lowest BCUT2D eigenvalue weighted by Crippen LogP contribution is -2.29. The summed E-state index contributed by atoms with van der Waals surface area (Å²) >= 11 is 3.40. The lowest BCUT2D eigenvalue weighted by atomic mass is 9.98. The molecule has 33 heavy (non-hydrogen) atoms. The van der Waals surface area contributed by atoms with Gasteiger partial charge >= 0.3 is 0 Å². The van der Waals surface area contributed by atoms with Gasteiger partial charge in [-0.25, -0.2) is 0 Å². The number of hydrogen-bond acceptors (Lipinski definition) is 5. The van der Waals surface area contributed by atoms with E-state index in [1.807, 2.05) is 30.3 Å². The summed E-state index contributed by atoms with van der Waals surface area (Å²) in [5.41, 5.74) is 6.83. The molecule has 2 heterocycles. The van der Waals surface area contributed by atoms with E-state index >= 15 is 0 Å². The van der Waals surface area contributed by atoms with Crippen LogP contribution in [-0.2, 0) is 4.79 Å². The van der Waals surface area contributed by atoms with Gasteiger partial charge in [0.2, 0.25) is 5.76 Å². The number of ether oxygens (including phenoxy) is 1. The van der Waals surface area contributed by atoms with Gasteiger partial charge in [0.15, 0.2) is 12.0 Å². The zero-order chi connectivity index (χ0) is 23.1. The van der Waals surface area contributed by atoms with Crippen LogP contribution in [-0.4, -0.2) is 18.4 Å². The van der Waals surface area contributed by atoms with Gasteiger partial charge in [-0.3, -0.25) is 19.3 Å². The first-order valence-corrected chi connectivity index (χ1v) is 10.9. The summed E-state index contributed by atoms with van der Waals surface area (Å²) in [5.74, 6) is -0.502. The van der Waals surface area contributed by atoms with Gasteiger partial charge in [0.1, 0.15) is 11.3 Å². The third-order valence-electron chi connectivity index (χ3n) is 5.44. The fraction of sp³-hybridized carbons (Fsp3) is 0.0800. The molecule has 1 atom stereocenters. The van der Waals surface area contributed by atoms with E-state index in [2.05, 4.69) is 15.9 Å². The van der Waals surface area contributed by atoms with Gasteiger partial charge in [-0.1, -0.05) is 46.3 Å². The van der Waals surface area contributed by atoms with Crippen molar-refractivity contribution in [3.05, 3.63) is 104 Å². The Balaban J connectivity index is 1.69. The second-order valence-electron chi connectivity index (χ2n) is 7.55. The van der Waals surface area contributed by atoms with E-state index in [0.29, 0.717) is 28.0 Å². The second kappa shape index (κ2) is 8.22. The van der Waals surface area contributed by atoms with Crippen LogP contribution < -0.4 is 20.8 Å². The van der Waals surface area contributed by atoms with E-state index in [4.69, 9.17) is 14.9 Å². The third-order valence-corrected chi connectivity index (χ3v) is 5.94. The molecule has 0 saturated heterocycles. The molecule has 0 radical (unpaired) electrons. The lowest BCUT2D eigenvalue weighted by Gasteiger charge is -2.25. The van der Waals surface area contributed by atoms with E-state index in [1.54, 1.807) is 47.4 Å². The number of anilines is 1. The summed E-state index contributed by atoms with van der Waals surface area (Å²) in [5, 5.41) is 0.386. The fourth-order valence-electron chi connectivity index (χ4n) is 4.02. The van der Waals surface area contributed by atoms with Gasteiger partial charge in [0.05, 0.1) is 17.0 Å². The van der Waals surface area contributed by atoms with Crippen molar-refractivity contribution in [3.8, 4) is 5.75 Å². The van der Waals surface area contributed by atoms with Crippen LogP contribution in [0.4, 0.5) is 5.69 Å². The molecule has 0 spiro atoms. The number of hydrogen-bond donors (Lipinski definition) is 1. The van der Waals surface area contributed by atoms with Crippen molar-refractivity contribution in [2.75, 3.05) is 11.5 Å². The molecule has 0 fully saturated rings. The standard InChI is InChI=1S/C25H17BrN2O5/c26-15-8-11-19-18(12-15)23(30)21-22(14-6-9-17(10-7-14)32-13-20(27)29)28(25(31)24(21)33-19)16-4-2-1-3-5-16/h1-12,22H,13H2,(H2,27,29). The zero-order valence-corrected chi connectivity index (χ0v) is 18.7. The Morgan fingerprint density at radius 3 is 2.45 bits per heavy atom. The van der Waals surface area contributed by atoms with E-state index in [1.165, 1.54) is 0 Å². The van der Waals surface area contributed by atoms with Crippen molar-refractivity contribution >= 4 is 44.4 Å². The zero-order valence-electron chi connectivity index (χ0n) is 17.2. The molecule has 8 heteroatoms. The van der Waals surface area contributed by atoms with Crippen LogP contribution in [0.1, 0.15) is 27.7 Å². The van der Waals surface area contributed by atoms with Crippen molar-refractivity contribution in [2.45, 2.75) is 6.04 Å². The molecule has 164 valence electrons. The van der Waals surface area contributed by atoms with Crippen molar-refractivity contribution in [2.24, 2.45) is 5.73 Å². The Bertz CT molecular complexity index is 1450. The minimum atomic E-state index is -0.695. The van der Waals surface area contributed by atoms with E-state index < -0.39 is 17.9 Å². The number of primary amides is 1. The van der Waals surface area contributed by atoms with Crippen LogP contribution in [0.15, 0.2) is 86.5 Å². The summed E-state index contributed by atoms with van der Waals surface area (Å²) in [4.78, 5) is 39.6. The molecule has 2 N–H and O–H groups in total. The molecule has 4 aromatic rings. The Morgan fingerprint density at radius 1 is 1.03 bits per heavy atom. The Labute approximate surface area is 196 Å². The SMILES string of the molecule is NC(=O)COc1ccc(C2c3c(oc4ccc(Br)cc4c3=O)C(=O)N2c2ccccc2)cc1. The number of halogens is 1. The smallest absolute Gasteiger partial charge is 0.295 e. The molecule has 2 amide bonds. The van der Waals surface area contributed by atoms with Crippen molar-refractivity contribution in [1.29, 1.82) is 0 Å². The number of carbonyl (C=O) groups excluding carboxylic acids is 2. The first-order valence-electron chi connectivity index (χ1n) is 10.1. The number of rotatable bonds is 5. The predicted octanol–water partition coefficient (Wildman–Crippen LogP) is 4.17. The first kappa shape index (κ1) is 21.0. The average Bonchev–Trinajstić information content (AvgIpc) is 3.11. The Kier molecular flexibility index (Phi) is 5.22. The van der Waals surface area contributed by atoms with Crippen LogP contribution in [0.2, 0.25) is 0 Å². The lowest BCUT2D eigenvalue weighted by molar-refractivity contribution is -0.119. The van der Waals surface area contributed by atoms with Gasteiger partial charge in [0.25, 0.3) is 11.8 Å². The third kappa shape index (κ3) is 3.68. The average molecular weight is 505 g/mol. The molecule has 5 rings (SSSR count). The quantitative estimate of drug-likeness (QED) is 0.439. The number of amides is 2. The molecular weight excluding hydrogens is 488 g/mol. The fourth-order valence-corrected chi connectivity index (χ4v) is 4.38. The van der Waals surface area contributed by atoms with Crippen LogP contribution in [0, 0.1) is 0 Å². The first-order chi connectivity index (χ1) is 15.9. The molecule has 1 aromatic heterocycles. The highest BCUT2D eigenvalue weighted by Gasteiger charge is 2.43. The largest absolute Gasteiger partial charge is 0.484 e. The minimum absolute atomic E-state index is 0.0257. The molecule has 1 aliphatic heterocycles. The van der Waals surface area contributed by atoms with Crippen LogP contribution in [0.3, 0.4) is 0 Å². The number of benzene rings is 3. The number of nitrogens with two attached hydrogens (primary N) is 1. The van der Waals surface area contributed by atoms with Crippen LogP contribution in [0.25, 0.3) is 11.0 Å². The Morgan fingerprint density at radius 2 is 1.76 bits per heavy atom. The molecular formula is C25H17BrN2O5. The number of carbonyl (C=O) groups is 2.